The zero-order chi connectivity index (χ0) is 16.8. The highest BCUT2D eigenvalue weighted by Crippen LogP contribution is 2.36. The summed E-state index contributed by atoms with van der Waals surface area (Å²) in [6.45, 7) is 0.836. The summed E-state index contributed by atoms with van der Waals surface area (Å²) in [5.74, 6) is -0.326. The minimum absolute atomic E-state index is 0.141. The predicted octanol–water partition coefficient (Wildman–Crippen LogP) is 1.84. The van der Waals surface area contributed by atoms with Gasteiger partial charge in [0.15, 0.2) is 0 Å². The lowest BCUT2D eigenvalue weighted by atomic mass is 9.86. The molecular weight excluding hydrogens is 318 g/mol. The highest BCUT2D eigenvalue weighted by atomic mass is 35.5. The van der Waals surface area contributed by atoms with Gasteiger partial charge in [0.1, 0.15) is 5.54 Å². The fraction of sp³-hybridized carbons (Fsp3) is 0.438. The molecule has 0 saturated carbocycles. The van der Waals surface area contributed by atoms with Gasteiger partial charge in [-0.05, 0) is 25.0 Å². The molecule has 2 aliphatic heterocycles. The summed E-state index contributed by atoms with van der Waals surface area (Å²) in [4.78, 5) is 41.4. The van der Waals surface area contributed by atoms with Crippen LogP contribution >= 0.6 is 11.6 Å². The van der Waals surface area contributed by atoms with E-state index in [9.17, 15) is 14.4 Å². The molecule has 0 radical (unpaired) electrons. The van der Waals surface area contributed by atoms with E-state index in [1.807, 2.05) is 0 Å². The van der Waals surface area contributed by atoms with E-state index in [0.29, 0.717) is 36.5 Å². The molecule has 0 bridgehead atoms. The number of carbonyl (C=O) groups is 3. The zero-order valence-corrected chi connectivity index (χ0v) is 13.8. The van der Waals surface area contributed by atoms with Gasteiger partial charge in [-0.15, -0.1) is 0 Å². The minimum atomic E-state index is -0.816. The van der Waals surface area contributed by atoms with Crippen molar-refractivity contribution in [1.82, 2.24) is 14.7 Å². The maximum absolute atomic E-state index is 12.6. The number of nitrogens with zero attached hydrogens (tertiary/aromatic N) is 3. The Morgan fingerprint density at radius 3 is 2.26 bits per heavy atom. The van der Waals surface area contributed by atoms with E-state index in [1.54, 1.807) is 36.2 Å². The van der Waals surface area contributed by atoms with E-state index in [4.69, 9.17) is 11.6 Å². The number of imide groups is 1. The van der Waals surface area contributed by atoms with Crippen molar-refractivity contribution in [2.24, 2.45) is 0 Å². The lowest BCUT2D eigenvalue weighted by molar-refractivity contribution is -0.134. The van der Waals surface area contributed by atoms with Crippen LogP contribution in [0.25, 0.3) is 0 Å². The molecule has 0 aliphatic carbocycles. The monoisotopic (exact) mass is 335 g/mol. The third-order valence-corrected chi connectivity index (χ3v) is 5.23. The van der Waals surface area contributed by atoms with Gasteiger partial charge >= 0.3 is 6.03 Å². The van der Waals surface area contributed by atoms with Crippen LogP contribution in [0.3, 0.4) is 0 Å². The van der Waals surface area contributed by atoms with E-state index in [-0.39, 0.29) is 17.8 Å². The topological polar surface area (TPSA) is 60.9 Å². The SMILES string of the molecule is CN1C(=O)N(C)C2(CCN(C(=O)c3ccccc3Cl)CC2)C1=O. The maximum Gasteiger partial charge on any atom is 0.327 e. The first-order chi connectivity index (χ1) is 10.9. The van der Waals surface area contributed by atoms with E-state index in [1.165, 1.54) is 11.9 Å². The van der Waals surface area contributed by atoms with Crippen molar-refractivity contribution in [2.45, 2.75) is 18.4 Å². The Balaban J connectivity index is 1.77. The van der Waals surface area contributed by atoms with Crippen LogP contribution in [-0.4, -0.2) is 65.3 Å². The summed E-state index contributed by atoms with van der Waals surface area (Å²) in [5, 5.41) is 0.418. The molecule has 4 amide bonds. The van der Waals surface area contributed by atoms with Crippen LogP contribution in [0.2, 0.25) is 5.02 Å². The number of piperidine rings is 1. The summed E-state index contributed by atoms with van der Waals surface area (Å²) in [5.41, 5.74) is -0.354. The number of likely N-dealkylation sites (tertiary alicyclic amines) is 1. The minimum Gasteiger partial charge on any atom is -0.338 e. The van der Waals surface area contributed by atoms with Crippen molar-refractivity contribution in [2.75, 3.05) is 27.2 Å². The number of hydrogen-bond donors (Lipinski definition) is 0. The first-order valence-corrected chi connectivity index (χ1v) is 7.86. The second-order valence-corrected chi connectivity index (χ2v) is 6.42. The predicted molar refractivity (Wildman–Crippen MR) is 85.2 cm³/mol. The first kappa shape index (κ1) is 15.8. The molecule has 1 aromatic carbocycles. The fourth-order valence-electron chi connectivity index (χ4n) is 3.38. The van der Waals surface area contributed by atoms with Crippen molar-refractivity contribution in [3.8, 4) is 0 Å². The van der Waals surface area contributed by atoms with Crippen molar-refractivity contribution in [3.63, 3.8) is 0 Å². The smallest absolute Gasteiger partial charge is 0.327 e. The molecule has 0 unspecified atom stereocenters. The Labute approximate surface area is 139 Å². The number of likely N-dealkylation sites (N-methyl/N-ethyl adjacent to an activating group) is 2. The van der Waals surface area contributed by atoms with Crippen LogP contribution in [-0.2, 0) is 4.79 Å². The van der Waals surface area contributed by atoms with Gasteiger partial charge in [0.05, 0.1) is 10.6 Å². The highest BCUT2D eigenvalue weighted by Gasteiger charge is 2.55. The van der Waals surface area contributed by atoms with Crippen LogP contribution in [0.1, 0.15) is 23.2 Å². The molecule has 7 heteroatoms. The third-order valence-electron chi connectivity index (χ3n) is 4.90. The van der Waals surface area contributed by atoms with Gasteiger partial charge in [-0.2, -0.15) is 0 Å². The summed E-state index contributed by atoms with van der Waals surface area (Å²) in [6, 6.07) is 6.63. The summed E-state index contributed by atoms with van der Waals surface area (Å²) >= 11 is 6.08. The van der Waals surface area contributed by atoms with E-state index >= 15 is 0 Å². The Morgan fingerprint density at radius 2 is 1.74 bits per heavy atom. The lowest BCUT2D eigenvalue weighted by Crippen LogP contribution is -2.56. The van der Waals surface area contributed by atoms with E-state index in [2.05, 4.69) is 0 Å². The Morgan fingerprint density at radius 1 is 1.13 bits per heavy atom. The number of amides is 4. The molecule has 2 saturated heterocycles. The summed E-state index contributed by atoms with van der Waals surface area (Å²) < 4.78 is 0. The number of carbonyl (C=O) groups excluding carboxylic acids is 3. The molecule has 0 aromatic heterocycles. The molecule has 0 N–H and O–H groups in total. The molecule has 3 rings (SSSR count). The van der Waals surface area contributed by atoms with Gasteiger partial charge in [-0.1, -0.05) is 23.7 Å². The van der Waals surface area contributed by atoms with Gasteiger partial charge < -0.3 is 9.80 Å². The fourth-order valence-corrected chi connectivity index (χ4v) is 3.60. The molecule has 1 spiro atoms. The van der Waals surface area contributed by atoms with Crippen LogP contribution in [0.5, 0.6) is 0 Å². The van der Waals surface area contributed by atoms with Crippen LogP contribution in [0, 0.1) is 0 Å². The molecule has 0 atom stereocenters. The number of urea groups is 1. The second kappa shape index (κ2) is 5.53. The van der Waals surface area contributed by atoms with Crippen molar-refractivity contribution in [1.29, 1.82) is 0 Å². The maximum atomic E-state index is 12.6. The Hall–Kier alpha value is -2.08. The number of halogens is 1. The average molecular weight is 336 g/mol. The molecular formula is C16H18ClN3O3. The lowest BCUT2D eigenvalue weighted by Gasteiger charge is -2.40. The molecule has 6 nitrogen and oxygen atoms in total. The highest BCUT2D eigenvalue weighted by molar-refractivity contribution is 6.33. The molecule has 23 heavy (non-hydrogen) atoms. The Kier molecular flexibility index (Phi) is 3.80. The van der Waals surface area contributed by atoms with Gasteiger partial charge in [0.25, 0.3) is 11.8 Å². The van der Waals surface area contributed by atoms with Gasteiger partial charge in [-0.25, -0.2) is 4.79 Å². The third kappa shape index (κ3) is 2.28. The van der Waals surface area contributed by atoms with E-state index < -0.39 is 5.54 Å². The molecule has 2 aliphatic rings. The van der Waals surface area contributed by atoms with Gasteiger partial charge in [-0.3, -0.25) is 14.5 Å². The summed E-state index contributed by atoms with van der Waals surface area (Å²) in [7, 11) is 3.15. The first-order valence-electron chi connectivity index (χ1n) is 7.48. The molecule has 2 heterocycles. The average Bonchev–Trinajstić information content (AvgIpc) is 2.72. The van der Waals surface area contributed by atoms with Gasteiger partial charge in [0.2, 0.25) is 0 Å². The zero-order valence-electron chi connectivity index (χ0n) is 13.1. The van der Waals surface area contributed by atoms with Crippen molar-refractivity contribution in [3.05, 3.63) is 34.9 Å². The number of benzene rings is 1. The second-order valence-electron chi connectivity index (χ2n) is 6.01. The van der Waals surface area contributed by atoms with Crippen LogP contribution < -0.4 is 0 Å². The number of hydrogen-bond acceptors (Lipinski definition) is 3. The van der Waals surface area contributed by atoms with Crippen molar-refractivity contribution >= 4 is 29.4 Å². The van der Waals surface area contributed by atoms with Crippen LogP contribution in [0.4, 0.5) is 4.79 Å². The molecule has 1 aromatic rings. The molecule has 122 valence electrons. The largest absolute Gasteiger partial charge is 0.338 e. The van der Waals surface area contributed by atoms with Crippen molar-refractivity contribution < 1.29 is 14.4 Å². The molecule has 2 fully saturated rings. The van der Waals surface area contributed by atoms with E-state index in [0.717, 1.165) is 4.90 Å². The number of rotatable bonds is 1. The standard InChI is InChI=1S/C16H18ClN3O3/c1-18-14(22)16(19(2)15(18)23)7-9-20(10-8-16)13(21)11-5-3-4-6-12(11)17/h3-6H,7-10H2,1-2H3. The van der Waals surface area contributed by atoms with Crippen LogP contribution in [0.15, 0.2) is 24.3 Å². The van der Waals surface area contributed by atoms with Gasteiger partial charge in [0, 0.05) is 27.2 Å². The summed E-state index contributed by atoms with van der Waals surface area (Å²) in [6.07, 6.45) is 0.878. The normalized spacial score (nSPS) is 20.6. The quantitative estimate of drug-likeness (QED) is 0.736. The Bertz CT molecular complexity index is 683.